The molecule has 1 amide bonds. The van der Waals surface area contributed by atoms with Gasteiger partial charge in [-0.1, -0.05) is 29.8 Å². The van der Waals surface area contributed by atoms with E-state index in [4.69, 9.17) is 0 Å². The minimum atomic E-state index is -0.0517. The molecule has 0 saturated carbocycles. The summed E-state index contributed by atoms with van der Waals surface area (Å²) < 4.78 is 0. The van der Waals surface area contributed by atoms with Gasteiger partial charge in [-0.3, -0.25) is 9.69 Å². The Balaban J connectivity index is 1.85. The van der Waals surface area contributed by atoms with E-state index in [1.165, 1.54) is 5.56 Å². The molecule has 0 aliphatic carbocycles. The number of likely N-dealkylation sites (N-methyl/N-ethyl adjacent to an activating group) is 1. The van der Waals surface area contributed by atoms with Crippen LogP contribution in [0.4, 0.5) is 0 Å². The molecular formula is C14H21N3O. The predicted octanol–water partition coefficient (Wildman–Crippen LogP) is 0.515. The largest absolute Gasteiger partial charge is 0.351 e. The number of carbonyl (C=O) groups is 1. The van der Waals surface area contributed by atoms with Gasteiger partial charge in [0.1, 0.15) is 6.04 Å². The number of piperazine rings is 1. The third kappa shape index (κ3) is 3.31. The van der Waals surface area contributed by atoms with Crippen molar-refractivity contribution in [3.63, 3.8) is 0 Å². The van der Waals surface area contributed by atoms with E-state index in [9.17, 15) is 4.79 Å². The van der Waals surface area contributed by atoms with Crippen LogP contribution in [0, 0.1) is 6.92 Å². The molecule has 4 nitrogen and oxygen atoms in total. The highest BCUT2D eigenvalue weighted by Gasteiger charge is 2.25. The Hall–Kier alpha value is -1.39. The predicted molar refractivity (Wildman–Crippen MR) is 72.3 cm³/mol. The fraction of sp³-hybridized carbons (Fsp3) is 0.500. The molecule has 1 aliphatic heterocycles. The second-order valence-corrected chi connectivity index (χ2v) is 4.90. The topological polar surface area (TPSA) is 44.4 Å². The molecule has 1 aliphatic rings. The first-order valence-electron chi connectivity index (χ1n) is 6.41. The number of nitrogens with zero attached hydrogens (tertiary/aromatic N) is 1. The summed E-state index contributed by atoms with van der Waals surface area (Å²) in [5, 5.41) is 6.25. The van der Waals surface area contributed by atoms with Crippen LogP contribution in [0.15, 0.2) is 24.3 Å². The standard InChI is InChI=1S/C14H21N3O/c1-11-3-5-12(6-4-11)9-16-14(18)13-10-15-7-8-17(13)2/h3-6,13,15H,7-10H2,1-2H3,(H,16,18). The van der Waals surface area contributed by atoms with Gasteiger partial charge >= 0.3 is 0 Å². The van der Waals surface area contributed by atoms with Crippen molar-refractivity contribution in [1.82, 2.24) is 15.5 Å². The van der Waals surface area contributed by atoms with E-state index in [2.05, 4.69) is 46.7 Å². The molecule has 1 unspecified atom stereocenters. The maximum Gasteiger partial charge on any atom is 0.238 e. The zero-order chi connectivity index (χ0) is 13.0. The Morgan fingerprint density at radius 2 is 2.17 bits per heavy atom. The number of aryl methyl sites for hydroxylation is 1. The summed E-state index contributed by atoms with van der Waals surface area (Å²) >= 11 is 0. The van der Waals surface area contributed by atoms with Crippen molar-refractivity contribution in [3.05, 3.63) is 35.4 Å². The van der Waals surface area contributed by atoms with Crippen LogP contribution < -0.4 is 10.6 Å². The van der Waals surface area contributed by atoms with Crippen molar-refractivity contribution in [2.24, 2.45) is 0 Å². The quantitative estimate of drug-likeness (QED) is 0.818. The molecule has 1 fully saturated rings. The number of carbonyl (C=O) groups excluding carboxylic acids is 1. The highest BCUT2D eigenvalue weighted by molar-refractivity contribution is 5.82. The molecule has 1 heterocycles. The minimum Gasteiger partial charge on any atom is -0.351 e. The van der Waals surface area contributed by atoms with Crippen LogP contribution in [0.25, 0.3) is 0 Å². The van der Waals surface area contributed by atoms with Crippen LogP contribution in [0.2, 0.25) is 0 Å². The summed E-state index contributed by atoms with van der Waals surface area (Å²) in [4.78, 5) is 14.2. The summed E-state index contributed by atoms with van der Waals surface area (Å²) in [5.41, 5.74) is 2.38. The third-order valence-corrected chi connectivity index (χ3v) is 3.40. The summed E-state index contributed by atoms with van der Waals surface area (Å²) in [6.45, 7) is 5.27. The van der Waals surface area contributed by atoms with Crippen molar-refractivity contribution < 1.29 is 4.79 Å². The van der Waals surface area contributed by atoms with Gasteiger partial charge in [-0.05, 0) is 19.5 Å². The highest BCUT2D eigenvalue weighted by Crippen LogP contribution is 2.04. The second-order valence-electron chi connectivity index (χ2n) is 4.90. The Bertz CT molecular complexity index is 402. The molecule has 0 radical (unpaired) electrons. The lowest BCUT2D eigenvalue weighted by molar-refractivity contribution is -0.126. The summed E-state index contributed by atoms with van der Waals surface area (Å²) in [6, 6.07) is 8.19. The van der Waals surface area contributed by atoms with Gasteiger partial charge in [0, 0.05) is 26.2 Å². The Kier molecular flexibility index (Phi) is 4.33. The molecule has 98 valence electrons. The first-order valence-corrected chi connectivity index (χ1v) is 6.41. The molecule has 0 aromatic heterocycles. The smallest absolute Gasteiger partial charge is 0.238 e. The number of hydrogen-bond acceptors (Lipinski definition) is 3. The average Bonchev–Trinajstić information content (AvgIpc) is 2.38. The van der Waals surface area contributed by atoms with Crippen LogP contribution in [-0.4, -0.2) is 43.5 Å². The van der Waals surface area contributed by atoms with Crippen molar-refractivity contribution in [1.29, 1.82) is 0 Å². The van der Waals surface area contributed by atoms with Crippen LogP contribution in [0.1, 0.15) is 11.1 Å². The number of rotatable bonds is 3. The van der Waals surface area contributed by atoms with Gasteiger partial charge in [0.2, 0.25) is 5.91 Å². The molecule has 4 heteroatoms. The van der Waals surface area contributed by atoms with E-state index in [0.717, 1.165) is 25.2 Å². The Morgan fingerprint density at radius 1 is 1.44 bits per heavy atom. The van der Waals surface area contributed by atoms with Crippen LogP contribution in [0.5, 0.6) is 0 Å². The zero-order valence-corrected chi connectivity index (χ0v) is 11.1. The number of amides is 1. The van der Waals surface area contributed by atoms with Crippen molar-refractivity contribution in [2.45, 2.75) is 19.5 Å². The van der Waals surface area contributed by atoms with Gasteiger partial charge in [0.25, 0.3) is 0 Å². The minimum absolute atomic E-state index is 0.0517. The fourth-order valence-electron chi connectivity index (χ4n) is 2.11. The van der Waals surface area contributed by atoms with E-state index in [1.54, 1.807) is 0 Å². The first-order chi connectivity index (χ1) is 8.66. The SMILES string of the molecule is Cc1ccc(CNC(=O)C2CNCCN2C)cc1. The van der Waals surface area contributed by atoms with Crippen LogP contribution >= 0.6 is 0 Å². The highest BCUT2D eigenvalue weighted by atomic mass is 16.2. The van der Waals surface area contributed by atoms with Crippen molar-refractivity contribution in [3.8, 4) is 0 Å². The second kappa shape index (κ2) is 5.98. The molecule has 0 bridgehead atoms. The lowest BCUT2D eigenvalue weighted by Gasteiger charge is -2.31. The van der Waals surface area contributed by atoms with Gasteiger partial charge in [-0.2, -0.15) is 0 Å². The van der Waals surface area contributed by atoms with Crippen molar-refractivity contribution >= 4 is 5.91 Å². The van der Waals surface area contributed by atoms with Gasteiger partial charge in [0.15, 0.2) is 0 Å². The Morgan fingerprint density at radius 3 is 2.83 bits per heavy atom. The molecule has 0 spiro atoms. The number of benzene rings is 1. The maximum atomic E-state index is 12.1. The molecule has 1 aromatic rings. The third-order valence-electron chi connectivity index (χ3n) is 3.40. The molecular weight excluding hydrogens is 226 g/mol. The van der Waals surface area contributed by atoms with E-state index < -0.39 is 0 Å². The van der Waals surface area contributed by atoms with Gasteiger partial charge in [-0.15, -0.1) is 0 Å². The molecule has 2 rings (SSSR count). The molecule has 1 atom stereocenters. The average molecular weight is 247 g/mol. The summed E-state index contributed by atoms with van der Waals surface area (Å²) in [6.07, 6.45) is 0. The van der Waals surface area contributed by atoms with E-state index in [0.29, 0.717) is 6.54 Å². The van der Waals surface area contributed by atoms with Crippen LogP contribution in [0.3, 0.4) is 0 Å². The Labute approximate surface area is 108 Å². The molecule has 18 heavy (non-hydrogen) atoms. The monoisotopic (exact) mass is 247 g/mol. The normalized spacial score (nSPS) is 20.7. The zero-order valence-electron chi connectivity index (χ0n) is 11.1. The fourth-order valence-corrected chi connectivity index (χ4v) is 2.11. The van der Waals surface area contributed by atoms with Gasteiger partial charge in [0.05, 0.1) is 0 Å². The van der Waals surface area contributed by atoms with Gasteiger partial charge < -0.3 is 10.6 Å². The molecule has 2 N–H and O–H groups in total. The van der Waals surface area contributed by atoms with Gasteiger partial charge in [-0.25, -0.2) is 0 Å². The first kappa shape index (κ1) is 13.1. The lowest BCUT2D eigenvalue weighted by Crippen LogP contribution is -2.56. The van der Waals surface area contributed by atoms with E-state index in [-0.39, 0.29) is 11.9 Å². The lowest BCUT2D eigenvalue weighted by atomic mass is 10.1. The maximum absolute atomic E-state index is 12.1. The van der Waals surface area contributed by atoms with E-state index >= 15 is 0 Å². The molecule has 1 saturated heterocycles. The van der Waals surface area contributed by atoms with E-state index in [1.807, 2.05) is 7.05 Å². The number of hydrogen-bond donors (Lipinski definition) is 2. The van der Waals surface area contributed by atoms with Crippen LogP contribution in [-0.2, 0) is 11.3 Å². The summed E-state index contributed by atoms with van der Waals surface area (Å²) in [7, 11) is 2.00. The number of nitrogens with one attached hydrogen (secondary N) is 2. The summed E-state index contributed by atoms with van der Waals surface area (Å²) in [5.74, 6) is 0.102. The van der Waals surface area contributed by atoms with Crippen molar-refractivity contribution in [2.75, 3.05) is 26.7 Å². The molecule has 1 aromatic carbocycles.